The Hall–Kier alpha value is -2.67. The number of nitrogens with one attached hydrogen (secondary N) is 1. The van der Waals surface area contributed by atoms with Crippen molar-refractivity contribution >= 4 is 21.8 Å². The number of carbonyl (C=O) groups is 1. The Morgan fingerprint density at radius 3 is 2.88 bits per heavy atom. The highest BCUT2D eigenvalue weighted by Gasteiger charge is 2.11. The molecule has 3 aromatic rings. The third kappa shape index (κ3) is 4.70. The second kappa shape index (κ2) is 8.14. The van der Waals surface area contributed by atoms with Gasteiger partial charge in [-0.2, -0.15) is 4.98 Å². The molecule has 6 nitrogen and oxygen atoms in total. The van der Waals surface area contributed by atoms with Crippen molar-refractivity contribution < 1.29 is 14.1 Å². The minimum atomic E-state index is -0.256. The van der Waals surface area contributed by atoms with Gasteiger partial charge in [0.15, 0.2) is 6.61 Å². The molecule has 7 heteroatoms. The van der Waals surface area contributed by atoms with E-state index in [1.54, 1.807) is 0 Å². The molecule has 0 saturated heterocycles. The van der Waals surface area contributed by atoms with Gasteiger partial charge in [0.05, 0.1) is 6.54 Å². The largest absolute Gasteiger partial charge is 0.483 e. The van der Waals surface area contributed by atoms with Crippen molar-refractivity contribution in [2.45, 2.75) is 20.4 Å². The van der Waals surface area contributed by atoms with Crippen LogP contribution >= 0.6 is 15.9 Å². The molecule has 1 aromatic heterocycles. The first-order valence-electron chi connectivity index (χ1n) is 8.06. The minimum absolute atomic E-state index is 0.0725. The van der Waals surface area contributed by atoms with Crippen molar-refractivity contribution in [3.63, 3.8) is 0 Å². The fraction of sp³-hybridized carbons (Fsp3) is 0.211. The average molecular weight is 416 g/mol. The Morgan fingerprint density at radius 2 is 2.08 bits per heavy atom. The Kier molecular flexibility index (Phi) is 5.68. The van der Waals surface area contributed by atoms with Crippen LogP contribution in [0, 0.1) is 13.8 Å². The second-order valence-corrected chi connectivity index (χ2v) is 6.77. The number of hydrogen-bond acceptors (Lipinski definition) is 5. The SMILES string of the molecule is Cc1ccc(C)c(OCC(=O)NCc2nc(-c3cccc(Br)c3)no2)c1. The number of aryl methyl sites for hydroxylation is 2. The van der Waals surface area contributed by atoms with Gasteiger partial charge >= 0.3 is 0 Å². The number of aromatic nitrogens is 2. The summed E-state index contributed by atoms with van der Waals surface area (Å²) in [6.07, 6.45) is 0. The lowest BCUT2D eigenvalue weighted by molar-refractivity contribution is -0.123. The summed E-state index contributed by atoms with van der Waals surface area (Å²) in [4.78, 5) is 16.3. The summed E-state index contributed by atoms with van der Waals surface area (Å²) in [5, 5.41) is 6.64. The summed E-state index contributed by atoms with van der Waals surface area (Å²) in [5.74, 6) is 1.25. The lowest BCUT2D eigenvalue weighted by Gasteiger charge is -2.09. The number of amides is 1. The van der Waals surface area contributed by atoms with E-state index in [2.05, 4.69) is 31.4 Å². The van der Waals surface area contributed by atoms with E-state index in [1.165, 1.54) is 0 Å². The van der Waals surface area contributed by atoms with Gasteiger partial charge in [-0.3, -0.25) is 4.79 Å². The lowest BCUT2D eigenvalue weighted by atomic mass is 10.1. The zero-order valence-corrected chi connectivity index (χ0v) is 16.0. The van der Waals surface area contributed by atoms with Crippen molar-refractivity contribution in [1.29, 1.82) is 0 Å². The second-order valence-electron chi connectivity index (χ2n) is 5.86. The molecule has 0 saturated carbocycles. The third-order valence-corrected chi connectivity index (χ3v) is 4.18. The Labute approximate surface area is 159 Å². The lowest BCUT2D eigenvalue weighted by Crippen LogP contribution is -2.28. The molecule has 0 unspecified atom stereocenters. The van der Waals surface area contributed by atoms with Crippen LogP contribution in [0.4, 0.5) is 0 Å². The van der Waals surface area contributed by atoms with Crippen molar-refractivity contribution in [3.8, 4) is 17.1 Å². The van der Waals surface area contributed by atoms with Crippen molar-refractivity contribution in [2.24, 2.45) is 0 Å². The molecule has 1 heterocycles. The molecule has 0 fully saturated rings. The molecule has 26 heavy (non-hydrogen) atoms. The average Bonchev–Trinajstić information content (AvgIpc) is 3.10. The minimum Gasteiger partial charge on any atom is -0.483 e. The monoisotopic (exact) mass is 415 g/mol. The molecule has 0 spiro atoms. The first-order chi connectivity index (χ1) is 12.5. The van der Waals surface area contributed by atoms with E-state index in [1.807, 2.05) is 56.3 Å². The van der Waals surface area contributed by atoms with Gasteiger partial charge in [-0.15, -0.1) is 0 Å². The number of nitrogens with zero attached hydrogens (tertiary/aromatic N) is 2. The molecule has 1 N–H and O–H groups in total. The van der Waals surface area contributed by atoms with E-state index in [0.717, 1.165) is 21.2 Å². The van der Waals surface area contributed by atoms with Crippen LogP contribution in [0.2, 0.25) is 0 Å². The van der Waals surface area contributed by atoms with Crippen LogP contribution in [0.5, 0.6) is 5.75 Å². The molecule has 134 valence electrons. The van der Waals surface area contributed by atoms with E-state index in [4.69, 9.17) is 9.26 Å². The van der Waals surface area contributed by atoms with Gasteiger partial charge in [0, 0.05) is 10.0 Å². The van der Waals surface area contributed by atoms with E-state index < -0.39 is 0 Å². The number of halogens is 1. The van der Waals surface area contributed by atoms with Gasteiger partial charge in [-0.1, -0.05) is 45.4 Å². The standard InChI is InChI=1S/C19H18BrN3O3/c1-12-6-7-13(2)16(8-12)25-11-17(24)21-10-18-22-19(23-26-18)14-4-3-5-15(20)9-14/h3-9H,10-11H2,1-2H3,(H,21,24). The van der Waals surface area contributed by atoms with Crippen molar-refractivity contribution in [2.75, 3.05) is 6.61 Å². The van der Waals surface area contributed by atoms with Crippen LogP contribution in [0.25, 0.3) is 11.4 Å². The maximum atomic E-state index is 12.0. The van der Waals surface area contributed by atoms with Crippen LogP contribution in [0.15, 0.2) is 51.5 Å². The number of rotatable bonds is 6. The molecule has 0 aliphatic carbocycles. The highest BCUT2D eigenvalue weighted by Crippen LogP contribution is 2.20. The normalized spacial score (nSPS) is 10.6. The molecule has 2 aromatic carbocycles. The molecular weight excluding hydrogens is 398 g/mol. The quantitative estimate of drug-likeness (QED) is 0.661. The third-order valence-electron chi connectivity index (χ3n) is 3.69. The van der Waals surface area contributed by atoms with Crippen LogP contribution in [0.3, 0.4) is 0 Å². The van der Waals surface area contributed by atoms with E-state index in [0.29, 0.717) is 17.5 Å². The first kappa shape index (κ1) is 18.1. The van der Waals surface area contributed by atoms with Crippen LogP contribution < -0.4 is 10.1 Å². The van der Waals surface area contributed by atoms with E-state index in [9.17, 15) is 4.79 Å². The summed E-state index contributed by atoms with van der Waals surface area (Å²) < 4.78 is 11.7. The highest BCUT2D eigenvalue weighted by molar-refractivity contribution is 9.10. The summed E-state index contributed by atoms with van der Waals surface area (Å²) in [6, 6.07) is 13.5. The fourth-order valence-electron chi connectivity index (χ4n) is 2.30. The van der Waals surface area contributed by atoms with Crippen LogP contribution in [-0.4, -0.2) is 22.7 Å². The summed E-state index contributed by atoms with van der Waals surface area (Å²) in [5.41, 5.74) is 2.90. The number of carbonyl (C=O) groups excluding carboxylic acids is 1. The topological polar surface area (TPSA) is 77.2 Å². The zero-order valence-electron chi connectivity index (χ0n) is 14.5. The van der Waals surface area contributed by atoms with Crippen LogP contribution in [0.1, 0.15) is 17.0 Å². The summed E-state index contributed by atoms with van der Waals surface area (Å²) in [6.45, 7) is 3.99. The molecule has 0 atom stereocenters. The summed E-state index contributed by atoms with van der Waals surface area (Å²) >= 11 is 3.40. The van der Waals surface area contributed by atoms with Gasteiger partial charge in [0.2, 0.25) is 11.7 Å². The van der Waals surface area contributed by atoms with Gasteiger partial charge in [0.1, 0.15) is 5.75 Å². The Balaban J connectivity index is 1.53. The number of benzene rings is 2. The predicted octanol–water partition coefficient (Wildman–Crippen LogP) is 3.81. The fourth-order valence-corrected chi connectivity index (χ4v) is 2.70. The molecule has 0 bridgehead atoms. The molecule has 0 aliphatic rings. The Morgan fingerprint density at radius 1 is 1.23 bits per heavy atom. The molecule has 0 radical (unpaired) electrons. The molecule has 0 aliphatic heterocycles. The maximum absolute atomic E-state index is 12.0. The first-order valence-corrected chi connectivity index (χ1v) is 8.86. The van der Waals surface area contributed by atoms with Crippen molar-refractivity contribution in [3.05, 3.63) is 64.0 Å². The van der Waals surface area contributed by atoms with Gasteiger partial charge in [-0.05, 0) is 43.2 Å². The predicted molar refractivity (Wildman–Crippen MR) is 101 cm³/mol. The molecule has 3 rings (SSSR count). The smallest absolute Gasteiger partial charge is 0.258 e. The van der Waals surface area contributed by atoms with E-state index >= 15 is 0 Å². The molecule has 1 amide bonds. The summed E-state index contributed by atoms with van der Waals surface area (Å²) in [7, 11) is 0. The van der Waals surface area contributed by atoms with Gasteiger partial charge < -0.3 is 14.6 Å². The van der Waals surface area contributed by atoms with E-state index in [-0.39, 0.29) is 19.1 Å². The highest BCUT2D eigenvalue weighted by atomic mass is 79.9. The maximum Gasteiger partial charge on any atom is 0.258 e. The van der Waals surface area contributed by atoms with Crippen LogP contribution in [-0.2, 0) is 11.3 Å². The molecular formula is C19H18BrN3O3. The van der Waals surface area contributed by atoms with Gasteiger partial charge in [-0.25, -0.2) is 0 Å². The number of hydrogen-bond donors (Lipinski definition) is 1. The van der Waals surface area contributed by atoms with Gasteiger partial charge in [0.25, 0.3) is 5.91 Å². The Bertz CT molecular complexity index is 924. The van der Waals surface area contributed by atoms with Crippen molar-refractivity contribution in [1.82, 2.24) is 15.5 Å². The zero-order chi connectivity index (χ0) is 18.5. The number of ether oxygens (including phenoxy) is 1.